The van der Waals surface area contributed by atoms with Gasteiger partial charge >= 0.3 is 0 Å². The minimum atomic E-state index is -0.536. The van der Waals surface area contributed by atoms with Crippen molar-refractivity contribution in [3.8, 4) is 0 Å². The topological polar surface area (TPSA) is 75.5 Å². The van der Waals surface area contributed by atoms with Crippen LogP contribution >= 0.6 is 0 Å². The third-order valence-electron chi connectivity index (χ3n) is 3.44. The van der Waals surface area contributed by atoms with Crippen LogP contribution in [0.1, 0.15) is 12.0 Å². The quantitative estimate of drug-likeness (QED) is 0.624. The molecule has 0 fully saturated rings. The SMILES string of the molecule is CN(CCC(=O)Nc1ccccc1[N+](=O)[O-])Cc1cccc(F)c1. The molecule has 0 saturated heterocycles. The van der Waals surface area contributed by atoms with Crippen molar-refractivity contribution in [2.75, 3.05) is 18.9 Å². The first-order valence-electron chi connectivity index (χ1n) is 7.42. The average molecular weight is 331 g/mol. The maximum absolute atomic E-state index is 13.1. The highest BCUT2D eigenvalue weighted by molar-refractivity contribution is 5.93. The molecule has 2 aromatic rings. The van der Waals surface area contributed by atoms with Crippen LogP contribution in [-0.4, -0.2) is 29.3 Å². The van der Waals surface area contributed by atoms with Gasteiger partial charge < -0.3 is 10.2 Å². The first-order valence-corrected chi connectivity index (χ1v) is 7.42. The molecule has 0 aliphatic carbocycles. The number of rotatable bonds is 7. The molecule has 0 aliphatic rings. The molecular weight excluding hydrogens is 313 g/mol. The summed E-state index contributed by atoms with van der Waals surface area (Å²) in [6.45, 7) is 0.958. The van der Waals surface area contributed by atoms with Crippen molar-refractivity contribution in [3.63, 3.8) is 0 Å². The molecule has 0 radical (unpaired) electrons. The first-order chi connectivity index (χ1) is 11.5. The molecule has 0 aliphatic heterocycles. The lowest BCUT2D eigenvalue weighted by atomic mass is 10.2. The number of anilines is 1. The number of benzene rings is 2. The summed E-state index contributed by atoms with van der Waals surface area (Å²) in [5.41, 5.74) is 0.857. The van der Waals surface area contributed by atoms with Gasteiger partial charge in [-0.15, -0.1) is 0 Å². The first kappa shape index (κ1) is 17.6. The largest absolute Gasteiger partial charge is 0.320 e. The fourth-order valence-corrected chi connectivity index (χ4v) is 2.27. The molecule has 1 N–H and O–H groups in total. The van der Waals surface area contributed by atoms with Gasteiger partial charge in [0, 0.05) is 25.6 Å². The van der Waals surface area contributed by atoms with E-state index < -0.39 is 4.92 Å². The second-order valence-corrected chi connectivity index (χ2v) is 5.44. The highest BCUT2D eigenvalue weighted by Crippen LogP contribution is 2.23. The van der Waals surface area contributed by atoms with Crippen LogP contribution < -0.4 is 5.32 Å². The number of nitro benzene ring substituents is 1. The summed E-state index contributed by atoms with van der Waals surface area (Å²) >= 11 is 0. The van der Waals surface area contributed by atoms with Crippen LogP contribution in [0.2, 0.25) is 0 Å². The van der Waals surface area contributed by atoms with E-state index in [1.807, 2.05) is 18.0 Å². The predicted molar refractivity (Wildman–Crippen MR) is 89.1 cm³/mol. The van der Waals surface area contributed by atoms with Crippen LogP contribution in [0.3, 0.4) is 0 Å². The minimum Gasteiger partial charge on any atom is -0.320 e. The maximum atomic E-state index is 13.1. The molecule has 0 saturated carbocycles. The maximum Gasteiger partial charge on any atom is 0.292 e. The number of halogens is 1. The van der Waals surface area contributed by atoms with Crippen LogP contribution in [0.5, 0.6) is 0 Å². The van der Waals surface area contributed by atoms with Crippen molar-refractivity contribution in [3.05, 3.63) is 70.0 Å². The zero-order valence-corrected chi connectivity index (χ0v) is 13.2. The third kappa shape index (κ3) is 5.13. The van der Waals surface area contributed by atoms with Crippen molar-refractivity contribution < 1.29 is 14.1 Å². The molecule has 0 atom stereocenters. The lowest BCUT2D eigenvalue weighted by Gasteiger charge is -2.16. The Kier molecular flexibility index (Phi) is 5.97. The number of nitrogens with zero attached hydrogens (tertiary/aromatic N) is 2. The summed E-state index contributed by atoms with van der Waals surface area (Å²) in [5, 5.41) is 13.5. The van der Waals surface area contributed by atoms with Gasteiger partial charge in [0.25, 0.3) is 5.69 Å². The standard InChI is InChI=1S/C17H18FN3O3/c1-20(12-13-5-4-6-14(18)11-13)10-9-17(22)19-15-7-2-3-8-16(15)21(23)24/h2-8,11H,9-10,12H2,1H3,(H,19,22). The molecule has 6 nitrogen and oxygen atoms in total. The van der Waals surface area contributed by atoms with Gasteiger partial charge in [-0.25, -0.2) is 4.39 Å². The highest BCUT2D eigenvalue weighted by atomic mass is 19.1. The van der Waals surface area contributed by atoms with Crippen molar-refractivity contribution >= 4 is 17.3 Å². The summed E-state index contributed by atoms with van der Waals surface area (Å²) in [6, 6.07) is 12.3. The number of nitrogens with one attached hydrogen (secondary N) is 1. The molecule has 126 valence electrons. The normalized spacial score (nSPS) is 10.6. The number of nitro groups is 1. The molecule has 0 unspecified atom stereocenters. The van der Waals surface area contributed by atoms with E-state index in [-0.39, 0.29) is 29.5 Å². The van der Waals surface area contributed by atoms with E-state index in [0.717, 1.165) is 5.56 Å². The number of amides is 1. The average Bonchev–Trinajstić information content (AvgIpc) is 2.53. The summed E-state index contributed by atoms with van der Waals surface area (Å²) in [4.78, 5) is 24.2. The molecule has 1 amide bonds. The number of carbonyl (C=O) groups excluding carboxylic acids is 1. The van der Waals surface area contributed by atoms with Crippen molar-refractivity contribution in [2.45, 2.75) is 13.0 Å². The molecule has 2 rings (SSSR count). The second-order valence-electron chi connectivity index (χ2n) is 5.44. The van der Waals surface area contributed by atoms with E-state index in [9.17, 15) is 19.3 Å². The van der Waals surface area contributed by atoms with Gasteiger partial charge in [0.15, 0.2) is 0 Å². The third-order valence-corrected chi connectivity index (χ3v) is 3.44. The Morgan fingerprint density at radius 1 is 1.25 bits per heavy atom. The molecule has 24 heavy (non-hydrogen) atoms. The monoisotopic (exact) mass is 331 g/mol. The Bertz CT molecular complexity index is 737. The molecule has 0 heterocycles. The van der Waals surface area contributed by atoms with E-state index in [4.69, 9.17) is 0 Å². The zero-order valence-electron chi connectivity index (χ0n) is 13.2. The fraction of sp³-hybridized carbons (Fsp3) is 0.235. The van der Waals surface area contributed by atoms with Gasteiger partial charge in [-0.3, -0.25) is 14.9 Å². The second kappa shape index (κ2) is 8.16. The van der Waals surface area contributed by atoms with Gasteiger partial charge in [-0.2, -0.15) is 0 Å². The van der Waals surface area contributed by atoms with E-state index in [1.54, 1.807) is 18.2 Å². The van der Waals surface area contributed by atoms with Gasteiger partial charge in [-0.1, -0.05) is 24.3 Å². The number of hydrogen-bond donors (Lipinski definition) is 1. The molecule has 7 heteroatoms. The Labute approximate surface area is 139 Å². The zero-order chi connectivity index (χ0) is 17.5. The summed E-state index contributed by atoms with van der Waals surface area (Å²) in [7, 11) is 1.82. The predicted octanol–water partition coefficient (Wildman–Crippen LogP) is 3.19. The number of hydrogen-bond acceptors (Lipinski definition) is 4. The Morgan fingerprint density at radius 2 is 2.00 bits per heavy atom. The minimum absolute atomic E-state index is 0.140. The summed E-state index contributed by atoms with van der Waals surface area (Å²) < 4.78 is 13.1. The van der Waals surface area contributed by atoms with Crippen LogP contribution in [0.25, 0.3) is 0 Å². The van der Waals surface area contributed by atoms with Crippen molar-refractivity contribution in [1.29, 1.82) is 0 Å². The Balaban J connectivity index is 1.86. The smallest absolute Gasteiger partial charge is 0.292 e. The molecular formula is C17H18FN3O3. The Morgan fingerprint density at radius 3 is 2.71 bits per heavy atom. The van der Waals surface area contributed by atoms with Crippen LogP contribution in [-0.2, 0) is 11.3 Å². The van der Waals surface area contributed by atoms with E-state index >= 15 is 0 Å². The van der Waals surface area contributed by atoms with E-state index in [1.165, 1.54) is 24.3 Å². The van der Waals surface area contributed by atoms with Crippen molar-refractivity contribution in [2.24, 2.45) is 0 Å². The van der Waals surface area contributed by atoms with E-state index in [0.29, 0.717) is 13.1 Å². The highest BCUT2D eigenvalue weighted by Gasteiger charge is 2.15. The fourth-order valence-electron chi connectivity index (χ4n) is 2.27. The Hall–Kier alpha value is -2.80. The summed E-state index contributed by atoms with van der Waals surface area (Å²) in [5.74, 6) is -0.606. The van der Waals surface area contributed by atoms with Crippen LogP contribution in [0.15, 0.2) is 48.5 Å². The lowest BCUT2D eigenvalue weighted by Crippen LogP contribution is -2.24. The lowest BCUT2D eigenvalue weighted by molar-refractivity contribution is -0.383. The van der Waals surface area contributed by atoms with Gasteiger partial charge in [-0.05, 0) is 30.8 Å². The van der Waals surface area contributed by atoms with E-state index in [2.05, 4.69) is 5.32 Å². The van der Waals surface area contributed by atoms with Crippen LogP contribution in [0.4, 0.5) is 15.8 Å². The van der Waals surface area contributed by atoms with Gasteiger partial charge in [0.2, 0.25) is 5.91 Å². The molecule has 0 spiro atoms. The molecule has 0 bridgehead atoms. The summed E-state index contributed by atoms with van der Waals surface area (Å²) in [6.07, 6.45) is 0.178. The van der Waals surface area contributed by atoms with Gasteiger partial charge in [0.1, 0.15) is 11.5 Å². The van der Waals surface area contributed by atoms with Crippen LogP contribution in [0, 0.1) is 15.9 Å². The number of carbonyl (C=O) groups is 1. The number of para-hydroxylation sites is 2. The van der Waals surface area contributed by atoms with Crippen molar-refractivity contribution in [1.82, 2.24) is 4.90 Å². The molecule has 0 aromatic heterocycles. The molecule has 2 aromatic carbocycles. The van der Waals surface area contributed by atoms with Gasteiger partial charge in [0.05, 0.1) is 4.92 Å².